The molecule has 0 spiro atoms. The molecule has 0 amide bonds. The molecule has 9 aromatic rings. The first-order valence-electron chi connectivity index (χ1n) is 14.0. The molecule has 0 saturated carbocycles. The summed E-state index contributed by atoms with van der Waals surface area (Å²) >= 11 is 1.79. The van der Waals surface area contributed by atoms with Gasteiger partial charge in [0.1, 0.15) is 16.7 Å². The second-order valence-corrected chi connectivity index (χ2v) is 11.6. The van der Waals surface area contributed by atoms with Crippen LogP contribution in [0.1, 0.15) is 0 Å². The molecule has 9 rings (SSSR count). The zero-order chi connectivity index (χ0) is 27.6. The molecule has 6 aromatic carbocycles. The summed E-state index contributed by atoms with van der Waals surface area (Å²) in [6, 6.07) is 49.0. The molecule has 0 fully saturated rings. The number of para-hydroxylation sites is 3. The molecule has 0 N–H and O–H groups in total. The van der Waals surface area contributed by atoms with Gasteiger partial charge in [-0.2, -0.15) is 0 Å². The molecule has 0 aliphatic carbocycles. The van der Waals surface area contributed by atoms with Crippen LogP contribution >= 0.6 is 11.3 Å². The second kappa shape index (κ2) is 9.10. The molecular weight excluding hydrogens is 534 g/mol. The molecule has 4 heteroatoms. The normalized spacial score (nSPS) is 11.8. The van der Waals surface area contributed by atoms with E-state index < -0.39 is 0 Å². The number of hydrogen-bond donors (Lipinski definition) is 0. The lowest BCUT2D eigenvalue weighted by atomic mass is 10.0. The molecule has 0 bridgehead atoms. The highest BCUT2D eigenvalue weighted by Gasteiger charge is 2.18. The molecule has 0 unspecified atom stereocenters. The average Bonchev–Trinajstić information content (AvgIpc) is 3.71. The number of benzene rings is 6. The van der Waals surface area contributed by atoms with Crippen LogP contribution in [0.2, 0.25) is 0 Å². The fourth-order valence-corrected chi connectivity index (χ4v) is 7.26. The Kier molecular flexibility index (Phi) is 5.07. The summed E-state index contributed by atoms with van der Waals surface area (Å²) < 4.78 is 14.7. The van der Waals surface area contributed by atoms with E-state index in [0.29, 0.717) is 0 Å². The third-order valence-corrected chi connectivity index (χ3v) is 9.25. The summed E-state index contributed by atoms with van der Waals surface area (Å²) in [5, 5.41) is 4.61. The molecule has 3 heterocycles. The molecule has 3 nitrogen and oxygen atoms in total. The van der Waals surface area contributed by atoms with Crippen LogP contribution in [0.25, 0.3) is 64.4 Å². The van der Waals surface area contributed by atoms with E-state index in [4.69, 9.17) is 8.83 Å². The fraction of sp³-hybridized carbons (Fsp3) is 0. The van der Waals surface area contributed by atoms with Gasteiger partial charge in [0.25, 0.3) is 0 Å². The van der Waals surface area contributed by atoms with Gasteiger partial charge in [0, 0.05) is 43.3 Å². The molecule has 3 aromatic heterocycles. The van der Waals surface area contributed by atoms with Crippen molar-refractivity contribution in [1.82, 2.24) is 0 Å². The van der Waals surface area contributed by atoms with Gasteiger partial charge >= 0.3 is 0 Å². The van der Waals surface area contributed by atoms with Gasteiger partial charge < -0.3 is 13.7 Å². The smallest absolute Gasteiger partial charge is 0.154 e. The number of thiophene rings is 1. The van der Waals surface area contributed by atoms with E-state index in [1.807, 2.05) is 24.3 Å². The van der Waals surface area contributed by atoms with Gasteiger partial charge in [0.2, 0.25) is 0 Å². The number of hydrogen-bond acceptors (Lipinski definition) is 4. The molecule has 0 aliphatic rings. The average molecular weight is 558 g/mol. The first-order valence-corrected chi connectivity index (χ1v) is 14.8. The van der Waals surface area contributed by atoms with Gasteiger partial charge in [0.15, 0.2) is 5.58 Å². The Hall–Kier alpha value is -5.32. The maximum absolute atomic E-state index is 6.27. The van der Waals surface area contributed by atoms with E-state index in [1.165, 1.54) is 25.9 Å². The Morgan fingerprint density at radius 3 is 1.90 bits per heavy atom. The van der Waals surface area contributed by atoms with Crippen molar-refractivity contribution in [3.05, 3.63) is 140 Å². The predicted molar refractivity (Wildman–Crippen MR) is 176 cm³/mol. The summed E-state index contributed by atoms with van der Waals surface area (Å²) in [5.41, 5.74) is 9.41. The topological polar surface area (TPSA) is 29.5 Å². The van der Waals surface area contributed by atoms with Gasteiger partial charge in [-0.05, 0) is 83.9 Å². The van der Waals surface area contributed by atoms with Crippen LogP contribution < -0.4 is 4.90 Å². The SMILES string of the molecule is c1ccc(N(c2ccc(-c3ccc4oc5ccccc5c4c3)cc2)c2ccc3c(c2)sc2c4ccccc4oc32)cc1. The van der Waals surface area contributed by atoms with Crippen LogP contribution in [0.15, 0.2) is 148 Å². The Morgan fingerprint density at radius 2 is 1.07 bits per heavy atom. The van der Waals surface area contributed by atoms with E-state index in [9.17, 15) is 0 Å². The number of anilines is 3. The summed E-state index contributed by atoms with van der Waals surface area (Å²) in [6.45, 7) is 0. The molecule has 42 heavy (non-hydrogen) atoms. The highest BCUT2D eigenvalue weighted by atomic mass is 32.1. The van der Waals surface area contributed by atoms with Crippen LogP contribution in [0.4, 0.5) is 17.1 Å². The van der Waals surface area contributed by atoms with E-state index in [-0.39, 0.29) is 0 Å². The van der Waals surface area contributed by atoms with Crippen molar-refractivity contribution in [3.63, 3.8) is 0 Å². The Bertz CT molecular complexity index is 2410. The number of furan rings is 2. The van der Waals surface area contributed by atoms with Crippen LogP contribution in [0, 0.1) is 0 Å². The highest BCUT2D eigenvalue weighted by molar-refractivity contribution is 7.26. The molecule has 0 saturated heterocycles. The largest absolute Gasteiger partial charge is 0.456 e. The molecular formula is C38H23NO2S. The third-order valence-electron chi connectivity index (χ3n) is 8.08. The van der Waals surface area contributed by atoms with Gasteiger partial charge in [-0.3, -0.25) is 0 Å². The monoisotopic (exact) mass is 557 g/mol. The van der Waals surface area contributed by atoms with E-state index >= 15 is 0 Å². The summed E-state index contributed by atoms with van der Waals surface area (Å²) in [5.74, 6) is 0. The Balaban J connectivity index is 1.14. The van der Waals surface area contributed by atoms with Gasteiger partial charge in [-0.15, -0.1) is 11.3 Å². The maximum Gasteiger partial charge on any atom is 0.154 e. The summed E-state index contributed by atoms with van der Waals surface area (Å²) in [6.07, 6.45) is 0. The third kappa shape index (κ3) is 3.59. The van der Waals surface area contributed by atoms with Gasteiger partial charge in [-0.1, -0.05) is 66.7 Å². The maximum atomic E-state index is 6.27. The van der Waals surface area contributed by atoms with Crippen molar-refractivity contribution < 1.29 is 8.83 Å². The quantitative estimate of drug-likeness (QED) is 0.215. The van der Waals surface area contributed by atoms with Gasteiger partial charge in [-0.25, -0.2) is 0 Å². The van der Waals surface area contributed by atoms with E-state index in [0.717, 1.165) is 55.6 Å². The molecule has 0 aliphatic heterocycles. The van der Waals surface area contributed by atoms with Crippen molar-refractivity contribution in [3.8, 4) is 11.1 Å². The fourth-order valence-electron chi connectivity index (χ4n) is 6.07. The standard InChI is InChI=1S/C38H23NO2S/c1-2-8-26(9-3-1)39(28-19-20-31-36(23-28)42-38-30-11-5-7-13-34(30)41-37(31)38)27-17-14-24(15-18-27)25-16-21-35-32(22-25)29-10-4-6-12-33(29)40-35/h1-23H. The number of nitrogens with zero attached hydrogens (tertiary/aromatic N) is 1. The zero-order valence-corrected chi connectivity index (χ0v) is 23.3. The number of rotatable bonds is 4. The molecule has 0 radical (unpaired) electrons. The minimum Gasteiger partial charge on any atom is -0.456 e. The predicted octanol–water partition coefficient (Wildman–Crippen LogP) is 11.8. The van der Waals surface area contributed by atoms with E-state index in [2.05, 4.69) is 120 Å². The van der Waals surface area contributed by atoms with E-state index in [1.54, 1.807) is 11.3 Å². The highest BCUT2D eigenvalue weighted by Crippen LogP contribution is 2.44. The van der Waals surface area contributed by atoms with Crippen molar-refractivity contribution >= 4 is 81.7 Å². The minimum absolute atomic E-state index is 0.913. The Morgan fingerprint density at radius 1 is 0.429 bits per heavy atom. The number of fused-ring (bicyclic) bond motifs is 8. The first kappa shape index (κ1) is 23.4. The lowest BCUT2D eigenvalue weighted by Crippen LogP contribution is -2.09. The minimum atomic E-state index is 0.913. The lowest BCUT2D eigenvalue weighted by Gasteiger charge is -2.25. The summed E-state index contributed by atoms with van der Waals surface area (Å²) in [7, 11) is 0. The van der Waals surface area contributed by atoms with Crippen LogP contribution in [-0.4, -0.2) is 0 Å². The zero-order valence-electron chi connectivity index (χ0n) is 22.5. The van der Waals surface area contributed by atoms with Crippen LogP contribution in [-0.2, 0) is 0 Å². The lowest BCUT2D eigenvalue weighted by molar-refractivity contribution is 0.669. The van der Waals surface area contributed by atoms with Crippen molar-refractivity contribution in [2.24, 2.45) is 0 Å². The molecule has 198 valence electrons. The van der Waals surface area contributed by atoms with Crippen molar-refractivity contribution in [2.45, 2.75) is 0 Å². The van der Waals surface area contributed by atoms with Crippen molar-refractivity contribution in [2.75, 3.05) is 4.90 Å². The Labute approximate surface area is 245 Å². The van der Waals surface area contributed by atoms with Crippen LogP contribution in [0.3, 0.4) is 0 Å². The first-order chi connectivity index (χ1) is 20.8. The van der Waals surface area contributed by atoms with Gasteiger partial charge in [0.05, 0.1) is 4.70 Å². The second-order valence-electron chi connectivity index (χ2n) is 10.6. The van der Waals surface area contributed by atoms with Crippen LogP contribution in [0.5, 0.6) is 0 Å². The molecule has 0 atom stereocenters. The summed E-state index contributed by atoms with van der Waals surface area (Å²) in [4.78, 5) is 2.32. The van der Waals surface area contributed by atoms with Crippen molar-refractivity contribution in [1.29, 1.82) is 0 Å².